The van der Waals surface area contributed by atoms with Gasteiger partial charge in [-0.1, -0.05) is 120 Å². The van der Waals surface area contributed by atoms with Gasteiger partial charge in [0.15, 0.2) is 17.5 Å². The third-order valence-electron chi connectivity index (χ3n) is 10.8. The van der Waals surface area contributed by atoms with Crippen molar-refractivity contribution in [3.05, 3.63) is 113 Å². The summed E-state index contributed by atoms with van der Waals surface area (Å²) in [5.74, 6) is 3.50. The lowest BCUT2D eigenvalue weighted by Crippen LogP contribution is -2.28. The van der Waals surface area contributed by atoms with Crippen LogP contribution in [0.15, 0.2) is 91.0 Å². The van der Waals surface area contributed by atoms with Crippen LogP contribution in [0.3, 0.4) is 0 Å². The molecule has 0 bridgehead atoms. The zero-order chi connectivity index (χ0) is 32.1. The van der Waals surface area contributed by atoms with Crippen molar-refractivity contribution in [2.75, 3.05) is 0 Å². The van der Waals surface area contributed by atoms with Gasteiger partial charge in [-0.2, -0.15) is 5.26 Å². The maximum atomic E-state index is 9.56. The van der Waals surface area contributed by atoms with E-state index in [1.54, 1.807) is 0 Å². The molecule has 0 spiro atoms. The van der Waals surface area contributed by atoms with Gasteiger partial charge in [0.2, 0.25) is 0 Å². The largest absolute Gasteiger partial charge is 0.208 e. The zero-order valence-electron chi connectivity index (χ0n) is 27.6. The highest BCUT2D eigenvalue weighted by atomic mass is 15.0. The lowest BCUT2D eigenvalue weighted by atomic mass is 9.69. The van der Waals surface area contributed by atoms with Gasteiger partial charge in [-0.25, -0.2) is 15.0 Å². The summed E-state index contributed by atoms with van der Waals surface area (Å²) < 4.78 is 0. The summed E-state index contributed by atoms with van der Waals surface area (Å²) >= 11 is 0. The molecule has 230 valence electrons. The second-order valence-electron chi connectivity index (χ2n) is 14.3. The first-order valence-corrected chi connectivity index (χ1v) is 16.8. The molecule has 1 saturated carbocycles. The van der Waals surface area contributed by atoms with Gasteiger partial charge in [0, 0.05) is 22.1 Å². The molecule has 7 rings (SSSR count). The van der Waals surface area contributed by atoms with Crippen LogP contribution >= 0.6 is 0 Å². The minimum absolute atomic E-state index is 0.218. The fraction of sp³-hybridized carbons (Fsp3) is 0.333. The summed E-state index contributed by atoms with van der Waals surface area (Å²) in [5, 5.41) is 9.56. The number of nitriles is 1. The van der Waals surface area contributed by atoms with Crippen LogP contribution in [0.1, 0.15) is 89.0 Å². The van der Waals surface area contributed by atoms with E-state index < -0.39 is 0 Å². The molecule has 1 aromatic heterocycles. The molecule has 0 saturated heterocycles. The predicted octanol–water partition coefficient (Wildman–Crippen LogP) is 10.5. The topological polar surface area (TPSA) is 62.5 Å². The Hall–Kier alpha value is -4.62. The van der Waals surface area contributed by atoms with E-state index in [0.717, 1.165) is 34.9 Å². The minimum atomic E-state index is -0.246. The average molecular weight is 603 g/mol. The molecule has 1 unspecified atom stereocenters. The number of fused-ring (bicyclic) bond motifs is 3. The molecule has 4 aromatic carbocycles. The smallest absolute Gasteiger partial charge is 0.164 e. The highest BCUT2D eigenvalue weighted by molar-refractivity contribution is 5.83. The van der Waals surface area contributed by atoms with Crippen molar-refractivity contribution in [2.45, 2.75) is 77.6 Å². The third kappa shape index (κ3) is 5.22. The van der Waals surface area contributed by atoms with Gasteiger partial charge in [0.25, 0.3) is 0 Å². The second kappa shape index (κ2) is 11.6. The van der Waals surface area contributed by atoms with E-state index in [0.29, 0.717) is 23.0 Å². The number of hydrogen-bond acceptors (Lipinski definition) is 4. The van der Waals surface area contributed by atoms with Crippen molar-refractivity contribution in [3.8, 4) is 51.4 Å². The van der Waals surface area contributed by atoms with Crippen LogP contribution in [0.5, 0.6) is 0 Å². The number of benzene rings is 4. The molecule has 2 aliphatic rings. The highest BCUT2D eigenvalue weighted by Gasteiger charge is 2.37. The Morgan fingerprint density at radius 1 is 0.674 bits per heavy atom. The van der Waals surface area contributed by atoms with Crippen molar-refractivity contribution in [1.82, 2.24) is 15.0 Å². The van der Waals surface area contributed by atoms with E-state index in [2.05, 4.69) is 101 Å². The summed E-state index contributed by atoms with van der Waals surface area (Å²) in [7, 11) is 0. The third-order valence-corrected chi connectivity index (χ3v) is 10.8. The summed E-state index contributed by atoms with van der Waals surface area (Å²) in [6.07, 6.45) is 6.30. The van der Waals surface area contributed by atoms with Crippen molar-refractivity contribution < 1.29 is 0 Å². The Bertz CT molecular complexity index is 1940. The Balaban J connectivity index is 1.31. The quantitative estimate of drug-likeness (QED) is 0.188. The Morgan fingerprint density at radius 2 is 1.20 bits per heavy atom. The Morgan fingerprint density at radius 3 is 1.78 bits per heavy atom. The van der Waals surface area contributed by atoms with Crippen molar-refractivity contribution in [2.24, 2.45) is 11.8 Å². The number of aromatic nitrogens is 3. The van der Waals surface area contributed by atoms with Gasteiger partial charge >= 0.3 is 0 Å². The molecule has 2 aliphatic carbocycles. The molecule has 5 aromatic rings. The van der Waals surface area contributed by atoms with Crippen LogP contribution in [0.25, 0.3) is 45.3 Å². The van der Waals surface area contributed by atoms with Gasteiger partial charge in [-0.05, 0) is 82.5 Å². The number of hydrogen-bond donors (Lipinski definition) is 0. The Labute approximate surface area is 273 Å². The summed E-state index contributed by atoms with van der Waals surface area (Å²) in [6.45, 7) is 11.7. The van der Waals surface area contributed by atoms with E-state index in [4.69, 9.17) is 15.0 Å². The molecule has 4 nitrogen and oxygen atoms in total. The molecule has 0 amide bonds. The van der Waals surface area contributed by atoms with E-state index in [1.165, 1.54) is 53.5 Å². The zero-order valence-corrected chi connectivity index (χ0v) is 27.6. The lowest BCUT2D eigenvalue weighted by Gasteiger charge is -2.35. The van der Waals surface area contributed by atoms with E-state index in [9.17, 15) is 5.26 Å². The van der Waals surface area contributed by atoms with Crippen LogP contribution in [0.2, 0.25) is 0 Å². The maximum Gasteiger partial charge on any atom is 0.164 e. The van der Waals surface area contributed by atoms with Gasteiger partial charge in [0.05, 0.1) is 11.6 Å². The highest BCUT2D eigenvalue weighted by Crippen LogP contribution is 2.50. The summed E-state index contributed by atoms with van der Waals surface area (Å²) in [4.78, 5) is 15.1. The first-order chi connectivity index (χ1) is 22.2. The molecule has 0 radical (unpaired) electrons. The molecule has 4 heteroatoms. The predicted molar refractivity (Wildman–Crippen MR) is 187 cm³/mol. The van der Waals surface area contributed by atoms with Gasteiger partial charge in [0.1, 0.15) is 0 Å². The van der Waals surface area contributed by atoms with Crippen LogP contribution < -0.4 is 0 Å². The normalized spacial score (nSPS) is 21.6. The molecular formula is C42H42N4. The first kappa shape index (κ1) is 30.1. The average Bonchev–Trinajstić information content (AvgIpc) is 3.20. The van der Waals surface area contributed by atoms with Crippen LogP contribution in [-0.4, -0.2) is 15.0 Å². The Kier molecular flexibility index (Phi) is 7.60. The molecule has 1 fully saturated rings. The van der Waals surface area contributed by atoms with E-state index in [-0.39, 0.29) is 10.8 Å². The second-order valence-corrected chi connectivity index (χ2v) is 14.3. The molecule has 1 heterocycles. The molecule has 0 aliphatic heterocycles. The summed E-state index contributed by atoms with van der Waals surface area (Å²) in [6, 6.07) is 34.2. The van der Waals surface area contributed by atoms with Gasteiger partial charge in [-0.15, -0.1) is 0 Å². The molecule has 0 N–H and O–H groups in total. The van der Waals surface area contributed by atoms with Crippen LogP contribution in [0, 0.1) is 23.2 Å². The van der Waals surface area contributed by atoms with E-state index in [1.807, 2.05) is 30.3 Å². The van der Waals surface area contributed by atoms with Crippen molar-refractivity contribution in [3.63, 3.8) is 0 Å². The van der Waals surface area contributed by atoms with Crippen LogP contribution in [0.4, 0.5) is 0 Å². The molecule has 46 heavy (non-hydrogen) atoms. The van der Waals surface area contributed by atoms with E-state index >= 15 is 0 Å². The lowest BCUT2D eigenvalue weighted by molar-refractivity contribution is 0.295. The minimum Gasteiger partial charge on any atom is -0.208 e. The standard InChI is InChI=1S/C42H42N4/c1-6-42(24-27(2)12-13-28(3)25-42)33-18-15-31(16-19-33)39-44-38(30-10-8-7-9-11-30)45-40(46-39)32-17-21-35-34-20-14-29(26-43)22-36(34)41(4,5)37(35)23-32/h7-11,14-23,27-28H,6,12-13,24-25H2,1-5H3/t27-,28+,42?. The SMILES string of the molecule is CCC1(c2ccc(-c3nc(-c4ccccc4)nc(-c4ccc5c(c4)C(C)(C)c4cc(C#N)ccc4-5)n3)cc2)C[C@H](C)CC[C@H](C)C1. The monoisotopic (exact) mass is 602 g/mol. The first-order valence-electron chi connectivity index (χ1n) is 16.8. The number of rotatable bonds is 5. The van der Waals surface area contributed by atoms with Gasteiger partial charge in [-0.3, -0.25) is 0 Å². The molecular weight excluding hydrogens is 560 g/mol. The maximum absolute atomic E-state index is 9.56. The fourth-order valence-corrected chi connectivity index (χ4v) is 8.19. The van der Waals surface area contributed by atoms with Crippen molar-refractivity contribution >= 4 is 0 Å². The van der Waals surface area contributed by atoms with Crippen molar-refractivity contribution in [1.29, 1.82) is 5.26 Å². The van der Waals surface area contributed by atoms with Crippen LogP contribution in [-0.2, 0) is 10.8 Å². The fourth-order valence-electron chi connectivity index (χ4n) is 8.19. The number of nitrogens with zero attached hydrogens (tertiary/aromatic N) is 4. The van der Waals surface area contributed by atoms with Gasteiger partial charge < -0.3 is 0 Å². The summed E-state index contributed by atoms with van der Waals surface area (Å²) in [5.41, 5.74) is 9.83. The molecule has 3 atom stereocenters.